The predicted octanol–water partition coefficient (Wildman–Crippen LogP) is 1.22. The second-order valence-electron chi connectivity index (χ2n) is 5.74. The van der Waals surface area contributed by atoms with Gasteiger partial charge in [-0.2, -0.15) is 0 Å². The molecule has 0 aromatic heterocycles. The van der Waals surface area contributed by atoms with Gasteiger partial charge in [-0.25, -0.2) is 0 Å². The summed E-state index contributed by atoms with van der Waals surface area (Å²) >= 11 is 0. The summed E-state index contributed by atoms with van der Waals surface area (Å²) in [7, 11) is 7.79. The Morgan fingerprint density at radius 3 is 2.65 bits per heavy atom. The van der Waals surface area contributed by atoms with Gasteiger partial charge in [0, 0.05) is 25.4 Å². The summed E-state index contributed by atoms with van der Waals surface area (Å²) < 4.78 is 11.3. The molecule has 106 valence electrons. The van der Waals surface area contributed by atoms with Gasteiger partial charge in [0.2, 0.25) is 0 Å². The smallest absolute Gasteiger partial charge is 0.136 e. The van der Waals surface area contributed by atoms with E-state index in [0.717, 1.165) is 38.2 Å². The topological polar surface area (TPSA) is 47.7 Å². The maximum absolute atomic E-state index is 6.19. The van der Waals surface area contributed by atoms with Crippen molar-refractivity contribution in [2.75, 3.05) is 37.4 Å². The third-order valence-electron chi connectivity index (χ3n) is 4.61. The van der Waals surface area contributed by atoms with Crippen molar-refractivity contribution >= 4 is 24.7 Å². The monoisotopic (exact) mass is 272 g/mol. The van der Waals surface area contributed by atoms with E-state index in [1.807, 2.05) is 12.1 Å². The van der Waals surface area contributed by atoms with Crippen molar-refractivity contribution in [3.05, 3.63) is 12.1 Å². The molecule has 3 rings (SSSR count). The van der Waals surface area contributed by atoms with Gasteiger partial charge in [0.15, 0.2) is 0 Å². The maximum Gasteiger partial charge on any atom is 0.136 e. The first-order valence-electron chi connectivity index (χ1n) is 7.26. The Balaban J connectivity index is 1.78. The number of piperidine rings is 1. The van der Waals surface area contributed by atoms with Crippen molar-refractivity contribution in [1.29, 1.82) is 0 Å². The number of nitrogens with two attached hydrogens (primary N) is 1. The fourth-order valence-electron chi connectivity index (χ4n) is 3.41. The number of nitrogens with zero attached hydrogens (tertiary/aromatic N) is 1. The Labute approximate surface area is 121 Å². The van der Waals surface area contributed by atoms with Crippen LogP contribution in [-0.2, 0) is 4.74 Å². The molecule has 5 heteroatoms. The van der Waals surface area contributed by atoms with Crippen LogP contribution in [0.25, 0.3) is 0 Å². The van der Waals surface area contributed by atoms with Crippen LogP contribution in [0.2, 0.25) is 0 Å². The molecule has 2 heterocycles. The van der Waals surface area contributed by atoms with Crippen molar-refractivity contribution in [3.63, 3.8) is 0 Å². The highest BCUT2D eigenvalue weighted by Crippen LogP contribution is 2.37. The third kappa shape index (κ3) is 2.24. The number of hydrogen-bond donors (Lipinski definition) is 1. The fourth-order valence-corrected chi connectivity index (χ4v) is 3.41. The first-order valence-corrected chi connectivity index (χ1v) is 7.26. The minimum atomic E-state index is 0.128. The van der Waals surface area contributed by atoms with E-state index in [4.69, 9.17) is 23.1 Å². The van der Waals surface area contributed by atoms with E-state index in [-0.39, 0.29) is 5.60 Å². The highest BCUT2D eigenvalue weighted by atomic mass is 16.5. The first kappa shape index (κ1) is 13.6. The van der Waals surface area contributed by atoms with Crippen molar-refractivity contribution in [2.24, 2.45) is 0 Å². The molecular weight excluding hydrogens is 251 g/mol. The highest BCUT2D eigenvalue weighted by molar-refractivity contribution is 6.38. The normalized spacial score (nSPS) is 21.4. The van der Waals surface area contributed by atoms with Gasteiger partial charge in [-0.05, 0) is 43.3 Å². The van der Waals surface area contributed by atoms with E-state index >= 15 is 0 Å². The molecule has 0 atom stereocenters. The third-order valence-corrected chi connectivity index (χ3v) is 4.61. The number of nitrogen functional groups attached to an aromatic ring is 1. The van der Waals surface area contributed by atoms with Gasteiger partial charge in [0.1, 0.15) is 13.6 Å². The van der Waals surface area contributed by atoms with Crippen LogP contribution in [0.3, 0.4) is 0 Å². The van der Waals surface area contributed by atoms with Crippen LogP contribution in [0, 0.1) is 0 Å². The standard InChI is InChI=1S/C15H21BN2O2/c1-19-14-11(17)3-4-12(13(14)16)18-8-6-15(7-9-18)5-2-10-20-15/h3-4H,2,5-10,17H2,1H3. The van der Waals surface area contributed by atoms with E-state index in [9.17, 15) is 0 Å². The highest BCUT2D eigenvalue weighted by Gasteiger charge is 2.38. The van der Waals surface area contributed by atoms with E-state index in [1.165, 1.54) is 12.8 Å². The molecule has 1 spiro atoms. The van der Waals surface area contributed by atoms with Crippen LogP contribution < -0.4 is 20.8 Å². The van der Waals surface area contributed by atoms with Gasteiger partial charge in [-0.3, -0.25) is 0 Å². The first-order chi connectivity index (χ1) is 9.65. The average molecular weight is 272 g/mol. The number of ether oxygens (including phenoxy) is 2. The van der Waals surface area contributed by atoms with E-state index in [0.29, 0.717) is 16.9 Å². The molecule has 2 N–H and O–H groups in total. The number of hydrogen-bond acceptors (Lipinski definition) is 4. The second-order valence-corrected chi connectivity index (χ2v) is 5.74. The molecule has 2 aliphatic rings. The molecule has 0 unspecified atom stereocenters. The minimum Gasteiger partial charge on any atom is -0.495 e. The van der Waals surface area contributed by atoms with E-state index < -0.39 is 0 Å². The largest absolute Gasteiger partial charge is 0.495 e. The quantitative estimate of drug-likeness (QED) is 0.649. The number of benzene rings is 1. The lowest BCUT2D eigenvalue weighted by atomic mass is 9.86. The van der Waals surface area contributed by atoms with Gasteiger partial charge in [0.25, 0.3) is 0 Å². The lowest BCUT2D eigenvalue weighted by Gasteiger charge is -2.40. The predicted molar refractivity (Wildman–Crippen MR) is 82.2 cm³/mol. The molecule has 0 bridgehead atoms. The number of rotatable bonds is 2. The van der Waals surface area contributed by atoms with Crippen molar-refractivity contribution in [1.82, 2.24) is 0 Å². The number of anilines is 2. The zero-order chi connectivity index (χ0) is 14.2. The molecule has 2 radical (unpaired) electrons. The Kier molecular flexibility index (Phi) is 3.54. The molecule has 20 heavy (non-hydrogen) atoms. The zero-order valence-electron chi connectivity index (χ0n) is 12.0. The van der Waals surface area contributed by atoms with Crippen molar-refractivity contribution in [2.45, 2.75) is 31.3 Å². The molecule has 4 nitrogen and oxygen atoms in total. The lowest BCUT2D eigenvalue weighted by molar-refractivity contribution is -0.0145. The molecule has 0 amide bonds. The van der Waals surface area contributed by atoms with Crippen molar-refractivity contribution < 1.29 is 9.47 Å². The van der Waals surface area contributed by atoms with E-state index in [1.54, 1.807) is 7.11 Å². The van der Waals surface area contributed by atoms with Gasteiger partial charge in [-0.15, -0.1) is 0 Å². The Morgan fingerprint density at radius 1 is 1.30 bits per heavy atom. The van der Waals surface area contributed by atoms with Crippen LogP contribution in [0.15, 0.2) is 12.1 Å². The molecule has 1 aromatic carbocycles. The second kappa shape index (κ2) is 5.21. The SMILES string of the molecule is [B]c1c(N2CCC3(CCCO3)CC2)ccc(N)c1OC. The lowest BCUT2D eigenvalue weighted by Crippen LogP contribution is -2.45. The van der Waals surface area contributed by atoms with E-state index in [2.05, 4.69) is 4.90 Å². The summed E-state index contributed by atoms with van der Waals surface area (Å²) in [6.07, 6.45) is 4.53. The van der Waals surface area contributed by atoms with Crippen LogP contribution in [-0.4, -0.2) is 40.3 Å². The Bertz CT molecular complexity index is 491. The van der Waals surface area contributed by atoms with Crippen LogP contribution in [0.5, 0.6) is 5.75 Å². The molecule has 2 saturated heterocycles. The van der Waals surface area contributed by atoms with Crippen LogP contribution >= 0.6 is 0 Å². The zero-order valence-corrected chi connectivity index (χ0v) is 12.0. The Hall–Kier alpha value is -1.36. The van der Waals surface area contributed by atoms with Crippen LogP contribution in [0.1, 0.15) is 25.7 Å². The molecule has 0 aliphatic carbocycles. The van der Waals surface area contributed by atoms with Crippen molar-refractivity contribution in [3.8, 4) is 5.75 Å². The minimum absolute atomic E-state index is 0.128. The summed E-state index contributed by atoms with van der Waals surface area (Å²) in [6, 6.07) is 3.85. The Morgan fingerprint density at radius 2 is 2.05 bits per heavy atom. The molecular formula is C15H21BN2O2. The summed E-state index contributed by atoms with van der Waals surface area (Å²) in [5, 5.41) is 0. The maximum atomic E-state index is 6.19. The number of methoxy groups -OCH3 is 1. The molecule has 2 fully saturated rings. The molecule has 1 aromatic rings. The van der Waals surface area contributed by atoms with Gasteiger partial charge >= 0.3 is 0 Å². The van der Waals surface area contributed by atoms with Gasteiger partial charge in [0.05, 0.1) is 18.4 Å². The molecule has 0 saturated carbocycles. The summed E-state index contributed by atoms with van der Waals surface area (Å²) in [5.74, 6) is 0.583. The summed E-state index contributed by atoms with van der Waals surface area (Å²) in [5.41, 5.74) is 8.25. The van der Waals surface area contributed by atoms with Gasteiger partial charge in [-0.1, -0.05) is 0 Å². The average Bonchev–Trinajstić information content (AvgIpc) is 2.89. The van der Waals surface area contributed by atoms with Crippen LogP contribution in [0.4, 0.5) is 11.4 Å². The fraction of sp³-hybridized carbons (Fsp3) is 0.600. The molecule has 2 aliphatic heterocycles. The van der Waals surface area contributed by atoms with Gasteiger partial charge < -0.3 is 20.1 Å². The summed E-state index contributed by atoms with van der Waals surface area (Å²) in [6.45, 7) is 2.85. The summed E-state index contributed by atoms with van der Waals surface area (Å²) in [4.78, 5) is 2.31.